The Morgan fingerprint density at radius 3 is 2.72 bits per heavy atom. The normalized spacial score (nSPS) is 11.2. The lowest BCUT2D eigenvalue weighted by molar-refractivity contribution is 0.0912. The number of carbonyl (C=O) groups excluding carboxylic acids is 1. The molecule has 0 saturated heterocycles. The predicted molar refractivity (Wildman–Crippen MR) is 70.7 cm³/mol. The fourth-order valence-corrected chi connectivity index (χ4v) is 2.29. The summed E-state index contributed by atoms with van der Waals surface area (Å²) in [5.74, 6) is -0.285. The van der Waals surface area contributed by atoms with Crippen molar-refractivity contribution in [2.75, 3.05) is 0 Å². The molecule has 0 aliphatic rings. The molecule has 0 radical (unpaired) electrons. The molecule has 0 spiro atoms. The van der Waals surface area contributed by atoms with Crippen molar-refractivity contribution < 1.29 is 9.90 Å². The first kappa shape index (κ1) is 12.6. The summed E-state index contributed by atoms with van der Waals surface area (Å²) < 4.78 is 0. The Morgan fingerprint density at radius 2 is 2.17 bits per heavy atom. The number of amides is 1. The van der Waals surface area contributed by atoms with Crippen LogP contribution in [0.4, 0.5) is 0 Å². The van der Waals surface area contributed by atoms with Gasteiger partial charge in [0.25, 0.3) is 5.91 Å². The molecule has 2 N–H and O–H groups in total. The van der Waals surface area contributed by atoms with Crippen molar-refractivity contribution in [3.8, 4) is 5.75 Å². The lowest BCUT2D eigenvalue weighted by Crippen LogP contribution is -2.41. The molecule has 0 aromatic carbocycles. The molecule has 2 heterocycles. The van der Waals surface area contributed by atoms with Crippen molar-refractivity contribution in [2.45, 2.75) is 19.4 Å². The number of rotatable bonds is 3. The van der Waals surface area contributed by atoms with Gasteiger partial charge in [0.2, 0.25) is 0 Å². The maximum Gasteiger partial charge on any atom is 0.265 e. The number of nitrogens with zero attached hydrogens (tertiary/aromatic N) is 1. The second-order valence-corrected chi connectivity index (χ2v) is 5.35. The zero-order chi connectivity index (χ0) is 13.2. The van der Waals surface area contributed by atoms with E-state index in [0.29, 0.717) is 4.88 Å². The molecule has 2 rings (SSSR count). The molecule has 0 fully saturated rings. The molecule has 0 bridgehead atoms. The Hall–Kier alpha value is -1.88. The van der Waals surface area contributed by atoms with Crippen LogP contribution in [0.15, 0.2) is 35.8 Å². The highest BCUT2D eigenvalue weighted by molar-refractivity contribution is 7.12. The SMILES string of the molecule is CC(C)(NC(=O)c1sccc1O)c1ccccn1. The average Bonchev–Trinajstić information content (AvgIpc) is 2.76. The molecule has 94 valence electrons. The molecule has 1 amide bonds. The number of carbonyl (C=O) groups is 1. The van der Waals surface area contributed by atoms with E-state index < -0.39 is 5.54 Å². The van der Waals surface area contributed by atoms with Crippen LogP contribution in [-0.2, 0) is 5.54 Å². The number of nitrogens with one attached hydrogen (secondary N) is 1. The third-order valence-corrected chi connectivity index (χ3v) is 3.48. The highest BCUT2D eigenvalue weighted by Crippen LogP contribution is 2.25. The van der Waals surface area contributed by atoms with E-state index in [-0.39, 0.29) is 11.7 Å². The van der Waals surface area contributed by atoms with Gasteiger partial charge in [-0.25, -0.2) is 0 Å². The summed E-state index contributed by atoms with van der Waals surface area (Å²) in [4.78, 5) is 16.6. The maximum atomic E-state index is 12.0. The van der Waals surface area contributed by atoms with Gasteiger partial charge in [-0.05, 0) is 37.4 Å². The van der Waals surface area contributed by atoms with Gasteiger partial charge in [-0.3, -0.25) is 9.78 Å². The van der Waals surface area contributed by atoms with E-state index in [1.54, 1.807) is 11.6 Å². The van der Waals surface area contributed by atoms with Crippen LogP contribution in [-0.4, -0.2) is 16.0 Å². The highest BCUT2D eigenvalue weighted by atomic mass is 32.1. The monoisotopic (exact) mass is 262 g/mol. The van der Waals surface area contributed by atoms with Crippen LogP contribution in [0.2, 0.25) is 0 Å². The van der Waals surface area contributed by atoms with Gasteiger partial charge in [0.15, 0.2) is 0 Å². The minimum atomic E-state index is -0.589. The summed E-state index contributed by atoms with van der Waals surface area (Å²) in [7, 11) is 0. The van der Waals surface area contributed by atoms with Gasteiger partial charge in [0.1, 0.15) is 10.6 Å². The smallest absolute Gasteiger partial charge is 0.265 e. The van der Waals surface area contributed by atoms with E-state index in [1.165, 1.54) is 17.4 Å². The van der Waals surface area contributed by atoms with E-state index in [0.717, 1.165) is 5.69 Å². The lowest BCUT2D eigenvalue weighted by Gasteiger charge is -2.25. The van der Waals surface area contributed by atoms with E-state index in [1.807, 2.05) is 32.0 Å². The van der Waals surface area contributed by atoms with E-state index >= 15 is 0 Å². The molecule has 2 aromatic rings. The van der Waals surface area contributed by atoms with Gasteiger partial charge in [0.05, 0.1) is 11.2 Å². The third kappa shape index (κ3) is 2.51. The molecule has 18 heavy (non-hydrogen) atoms. The van der Waals surface area contributed by atoms with Crippen molar-refractivity contribution >= 4 is 17.2 Å². The van der Waals surface area contributed by atoms with Crippen molar-refractivity contribution in [1.29, 1.82) is 0 Å². The first-order chi connectivity index (χ1) is 8.50. The number of aromatic nitrogens is 1. The largest absolute Gasteiger partial charge is 0.506 e. The van der Waals surface area contributed by atoms with Gasteiger partial charge in [-0.1, -0.05) is 6.07 Å². The number of aromatic hydroxyl groups is 1. The molecular formula is C13H14N2O2S. The molecule has 0 unspecified atom stereocenters. The van der Waals surface area contributed by atoms with E-state index in [4.69, 9.17) is 0 Å². The van der Waals surface area contributed by atoms with Crippen molar-refractivity contribution in [2.24, 2.45) is 0 Å². The summed E-state index contributed by atoms with van der Waals surface area (Å²) in [5.41, 5.74) is 0.184. The zero-order valence-corrected chi connectivity index (χ0v) is 11.0. The summed E-state index contributed by atoms with van der Waals surface area (Å²) in [6, 6.07) is 7.06. The second-order valence-electron chi connectivity index (χ2n) is 4.43. The molecule has 0 saturated carbocycles. The summed E-state index contributed by atoms with van der Waals surface area (Å²) in [6.45, 7) is 3.75. The first-order valence-corrected chi connectivity index (χ1v) is 6.39. The van der Waals surface area contributed by atoms with Crippen LogP contribution in [0.5, 0.6) is 5.75 Å². The van der Waals surface area contributed by atoms with E-state index in [2.05, 4.69) is 10.3 Å². The van der Waals surface area contributed by atoms with Crippen LogP contribution in [0.3, 0.4) is 0 Å². The quantitative estimate of drug-likeness (QED) is 0.893. The first-order valence-electron chi connectivity index (χ1n) is 5.51. The Kier molecular flexibility index (Phi) is 3.34. The summed E-state index contributed by atoms with van der Waals surface area (Å²) in [6.07, 6.45) is 1.69. The minimum absolute atomic E-state index is 0.00863. The second kappa shape index (κ2) is 4.78. The lowest BCUT2D eigenvalue weighted by atomic mass is 10.00. The van der Waals surface area contributed by atoms with Gasteiger partial charge in [-0.15, -0.1) is 11.3 Å². The molecule has 0 aliphatic carbocycles. The number of pyridine rings is 1. The molecule has 2 aromatic heterocycles. The Bertz CT molecular complexity index is 549. The van der Waals surface area contributed by atoms with Crippen molar-refractivity contribution in [3.05, 3.63) is 46.4 Å². The van der Waals surface area contributed by atoms with Crippen LogP contribution >= 0.6 is 11.3 Å². The fourth-order valence-electron chi connectivity index (χ4n) is 1.61. The molecule has 5 heteroatoms. The van der Waals surface area contributed by atoms with Gasteiger partial charge in [-0.2, -0.15) is 0 Å². The Balaban J connectivity index is 2.19. The average molecular weight is 262 g/mol. The molecule has 0 atom stereocenters. The van der Waals surface area contributed by atoms with Crippen molar-refractivity contribution in [1.82, 2.24) is 10.3 Å². The fraction of sp³-hybridized carbons (Fsp3) is 0.231. The zero-order valence-electron chi connectivity index (χ0n) is 10.2. The topological polar surface area (TPSA) is 62.2 Å². The molecule has 4 nitrogen and oxygen atoms in total. The minimum Gasteiger partial charge on any atom is -0.506 e. The van der Waals surface area contributed by atoms with Crippen LogP contribution in [0.1, 0.15) is 29.2 Å². The Morgan fingerprint density at radius 1 is 1.39 bits per heavy atom. The van der Waals surface area contributed by atoms with E-state index in [9.17, 15) is 9.90 Å². The highest BCUT2D eigenvalue weighted by Gasteiger charge is 2.26. The number of hydrogen-bond acceptors (Lipinski definition) is 4. The summed E-state index contributed by atoms with van der Waals surface area (Å²) in [5, 5.41) is 14.1. The Labute approximate surface area is 109 Å². The molecule has 0 aliphatic heterocycles. The third-order valence-electron chi connectivity index (χ3n) is 2.58. The molecular weight excluding hydrogens is 248 g/mol. The summed E-state index contributed by atoms with van der Waals surface area (Å²) >= 11 is 1.21. The van der Waals surface area contributed by atoms with Crippen molar-refractivity contribution in [3.63, 3.8) is 0 Å². The van der Waals surface area contributed by atoms with Gasteiger partial charge in [0, 0.05) is 6.20 Å². The van der Waals surface area contributed by atoms with Gasteiger partial charge < -0.3 is 10.4 Å². The number of hydrogen-bond donors (Lipinski definition) is 2. The maximum absolute atomic E-state index is 12.0. The van der Waals surface area contributed by atoms with Crippen LogP contribution < -0.4 is 5.32 Å². The van der Waals surface area contributed by atoms with Crippen LogP contribution in [0.25, 0.3) is 0 Å². The standard InChI is InChI=1S/C13H14N2O2S/c1-13(2,10-5-3-4-7-14-10)15-12(17)11-9(16)6-8-18-11/h3-8,16H,1-2H3,(H,15,17). The van der Waals surface area contributed by atoms with Crippen LogP contribution in [0, 0.1) is 0 Å². The van der Waals surface area contributed by atoms with Gasteiger partial charge >= 0.3 is 0 Å². The number of thiophene rings is 1. The predicted octanol–water partition coefficient (Wildman–Crippen LogP) is 2.51.